The highest BCUT2D eigenvalue weighted by Crippen LogP contribution is 2.43. The maximum atomic E-state index is 15.1. The molecule has 11 heteroatoms. The summed E-state index contributed by atoms with van der Waals surface area (Å²) in [5, 5.41) is 12.7. The third-order valence-electron chi connectivity index (χ3n) is 5.26. The van der Waals surface area contributed by atoms with Crippen LogP contribution in [0.25, 0.3) is 10.9 Å². The van der Waals surface area contributed by atoms with E-state index in [9.17, 15) is 23.3 Å². The largest absolute Gasteiger partial charge is 0.577 e. The van der Waals surface area contributed by atoms with Crippen LogP contribution in [-0.2, 0) is 0 Å². The maximum absolute atomic E-state index is 15.1. The van der Waals surface area contributed by atoms with Crippen LogP contribution in [0.3, 0.4) is 0 Å². The molecule has 1 unspecified atom stereocenters. The number of aromatic nitrogens is 1. The molecule has 1 saturated carbocycles. The average Bonchev–Trinajstić information content (AvgIpc) is 3.53. The van der Waals surface area contributed by atoms with Crippen LogP contribution in [-0.4, -0.2) is 56.3 Å². The molecule has 2 heterocycles. The molecule has 4 rings (SSSR count). The molecule has 2 aliphatic rings. The molecule has 0 amide bonds. The van der Waals surface area contributed by atoms with Crippen molar-refractivity contribution in [2.45, 2.75) is 31.8 Å². The number of hydrogen-bond donors (Lipinski definition) is 2. The number of aromatic carboxylic acids is 1. The van der Waals surface area contributed by atoms with Crippen molar-refractivity contribution in [2.24, 2.45) is 0 Å². The number of rotatable bonds is 4. The van der Waals surface area contributed by atoms with Gasteiger partial charge in [-0.05, 0) is 25.8 Å². The van der Waals surface area contributed by atoms with E-state index >= 15 is 4.39 Å². The monoisotopic (exact) mass is 424 g/mol. The van der Waals surface area contributed by atoms with Gasteiger partial charge in [-0.25, -0.2) is 9.18 Å². The van der Waals surface area contributed by atoms with Crippen molar-refractivity contribution in [1.82, 2.24) is 9.88 Å². The van der Waals surface area contributed by atoms with Crippen LogP contribution in [0.1, 0.15) is 36.2 Å². The van der Waals surface area contributed by atoms with E-state index < -0.39 is 25.0 Å². The lowest BCUT2D eigenvalue weighted by Gasteiger charge is -2.35. The molecule has 0 spiro atoms. The van der Waals surface area contributed by atoms with E-state index in [2.05, 4.69) is 5.32 Å². The Hall–Kier alpha value is -2.69. The van der Waals surface area contributed by atoms with Gasteiger partial charge in [0.25, 0.3) is 0 Å². The highest BCUT2D eigenvalue weighted by molar-refractivity contribution is 6.15. The number of carboxylic acid groups (broad SMARTS) is 1. The van der Waals surface area contributed by atoms with Gasteiger partial charge in [-0.2, -0.15) is 0 Å². The fourth-order valence-corrected chi connectivity index (χ4v) is 3.86. The van der Waals surface area contributed by atoms with Gasteiger partial charge < -0.3 is 24.6 Å². The minimum atomic E-state index is -1.31. The third-order valence-corrected chi connectivity index (χ3v) is 5.26. The lowest BCUT2D eigenvalue weighted by Crippen LogP contribution is -2.49. The zero-order valence-corrected chi connectivity index (χ0v) is 16.6. The quantitative estimate of drug-likeness (QED) is 0.734. The Morgan fingerprint density at radius 1 is 1.37 bits per heavy atom. The van der Waals surface area contributed by atoms with Gasteiger partial charge in [-0.15, -0.1) is 0 Å². The molecule has 1 saturated heterocycles. The molecule has 2 fully saturated rings. The first-order chi connectivity index (χ1) is 14.3. The molecule has 1 radical (unpaired) electrons. The van der Waals surface area contributed by atoms with E-state index in [-0.39, 0.29) is 23.0 Å². The van der Waals surface area contributed by atoms with Crippen LogP contribution in [0.4, 0.5) is 18.7 Å². The number of nitrogens with zero attached hydrogens (tertiary/aromatic N) is 2. The van der Waals surface area contributed by atoms with E-state index in [1.807, 2.05) is 11.8 Å². The second-order valence-corrected chi connectivity index (χ2v) is 7.34. The summed E-state index contributed by atoms with van der Waals surface area (Å²) in [6, 6.07) is 1.45. The van der Waals surface area contributed by atoms with Gasteiger partial charge in [-0.1, -0.05) is 0 Å². The van der Waals surface area contributed by atoms with Crippen LogP contribution >= 0.6 is 0 Å². The van der Waals surface area contributed by atoms with Crippen molar-refractivity contribution >= 4 is 30.4 Å². The molecule has 1 aliphatic heterocycles. The van der Waals surface area contributed by atoms with Crippen molar-refractivity contribution in [2.75, 3.05) is 31.6 Å². The van der Waals surface area contributed by atoms with Gasteiger partial charge in [0.05, 0.1) is 18.0 Å². The lowest BCUT2D eigenvalue weighted by molar-refractivity contribution is 0.0694. The summed E-state index contributed by atoms with van der Waals surface area (Å²) >= 11 is 0. The van der Waals surface area contributed by atoms with E-state index in [1.165, 1.54) is 13.3 Å². The highest BCUT2D eigenvalue weighted by Gasteiger charge is 2.32. The number of carbonyl (C=O) groups is 1. The topological polar surface area (TPSA) is 83.8 Å². The van der Waals surface area contributed by atoms with Gasteiger partial charge in [-0.3, -0.25) is 13.4 Å². The summed E-state index contributed by atoms with van der Waals surface area (Å²) in [6.45, 7) is 3.97. The van der Waals surface area contributed by atoms with Crippen LogP contribution in [0.15, 0.2) is 17.1 Å². The smallest absolute Gasteiger partial charge is 0.492 e. The second-order valence-electron chi connectivity index (χ2n) is 7.34. The van der Waals surface area contributed by atoms with E-state index in [0.29, 0.717) is 30.0 Å². The van der Waals surface area contributed by atoms with Crippen molar-refractivity contribution in [3.05, 3.63) is 33.9 Å². The van der Waals surface area contributed by atoms with Crippen LogP contribution in [0.5, 0.6) is 5.75 Å². The Kier molecular flexibility index (Phi) is 6.59. The molecule has 0 bridgehead atoms. The number of hydrogen-bond acceptors (Lipinski definition) is 5. The fourth-order valence-electron chi connectivity index (χ4n) is 3.86. The summed E-state index contributed by atoms with van der Waals surface area (Å²) in [5.41, 5.74) is -0.237. The summed E-state index contributed by atoms with van der Waals surface area (Å²) in [7, 11) is 0.455. The normalized spacial score (nSPS) is 18.6. The molecule has 7 nitrogen and oxygen atoms in total. The van der Waals surface area contributed by atoms with Gasteiger partial charge in [0.2, 0.25) is 5.43 Å². The van der Waals surface area contributed by atoms with Gasteiger partial charge in [0.1, 0.15) is 11.3 Å². The first-order valence-electron chi connectivity index (χ1n) is 9.53. The number of pyridine rings is 1. The number of nitrogens with one attached hydrogen (secondary N) is 1. The van der Waals surface area contributed by atoms with Gasteiger partial charge in [0.15, 0.2) is 11.6 Å². The Morgan fingerprint density at radius 2 is 2.03 bits per heavy atom. The first kappa shape index (κ1) is 22.0. The zero-order valence-electron chi connectivity index (χ0n) is 16.6. The lowest BCUT2D eigenvalue weighted by atomic mass is 10.1. The summed E-state index contributed by atoms with van der Waals surface area (Å²) in [4.78, 5) is 26.1. The van der Waals surface area contributed by atoms with Crippen LogP contribution < -0.4 is 20.4 Å². The first-order valence-corrected chi connectivity index (χ1v) is 9.53. The number of methoxy groups -OCH3 is 1. The number of anilines is 1. The van der Waals surface area contributed by atoms with E-state index in [4.69, 9.17) is 4.74 Å². The Morgan fingerprint density at radius 3 is 2.57 bits per heavy atom. The highest BCUT2D eigenvalue weighted by atomic mass is 19.2. The molecule has 1 atom stereocenters. The SMILES string of the molecule is COc1c(N2CCNC(C)C2)c(F)cc2c(=O)c(C(=O)O)cn(C3CC3)c12.F[B]F. The molecule has 1 aromatic carbocycles. The minimum absolute atomic E-state index is 0.0445. The molecule has 2 N–H and O–H groups in total. The van der Waals surface area contributed by atoms with Gasteiger partial charge in [0, 0.05) is 37.9 Å². The number of fused-ring (bicyclic) bond motifs is 1. The molecule has 161 valence electrons. The van der Waals surface area contributed by atoms with Crippen molar-refractivity contribution in [1.29, 1.82) is 0 Å². The van der Waals surface area contributed by atoms with Crippen molar-refractivity contribution < 1.29 is 27.7 Å². The van der Waals surface area contributed by atoms with Crippen LogP contribution in [0, 0.1) is 5.82 Å². The van der Waals surface area contributed by atoms with Gasteiger partial charge >= 0.3 is 13.8 Å². The zero-order chi connectivity index (χ0) is 22.0. The van der Waals surface area contributed by atoms with Crippen molar-refractivity contribution in [3.63, 3.8) is 0 Å². The second kappa shape index (κ2) is 8.99. The number of halogens is 3. The van der Waals surface area contributed by atoms with E-state index in [1.54, 1.807) is 4.57 Å². The minimum Gasteiger partial charge on any atom is -0.492 e. The van der Waals surface area contributed by atoms with Crippen molar-refractivity contribution in [3.8, 4) is 5.75 Å². The standard InChI is InChI=1S/C19H22FN3O4.BF2/c1-10-8-22(6-5-21-10)16-14(20)7-12-15(18(16)27-2)23(11-3-4-11)9-13(17(12)24)19(25)26;2-1-3/h7,9-11,21H,3-6,8H2,1-2H3,(H,25,26);. The number of piperazine rings is 1. The average molecular weight is 424 g/mol. The summed E-state index contributed by atoms with van der Waals surface area (Å²) in [5.74, 6) is -1.59. The Bertz CT molecular complexity index is 1010. The maximum Gasteiger partial charge on any atom is 0.577 e. The number of carboxylic acids is 1. The molecular formula is C19H22BF3N3O4. The molecule has 1 aliphatic carbocycles. The molecular weight excluding hydrogens is 402 g/mol. The van der Waals surface area contributed by atoms with Crippen LogP contribution in [0.2, 0.25) is 0 Å². The predicted octanol–water partition coefficient (Wildman–Crippen LogP) is 2.44. The Labute approximate surface area is 171 Å². The third kappa shape index (κ3) is 4.11. The fraction of sp³-hybridized carbons (Fsp3) is 0.474. The summed E-state index contributed by atoms with van der Waals surface area (Å²) in [6.07, 6.45) is 3.14. The van der Waals surface area contributed by atoms with E-state index in [0.717, 1.165) is 25.5 Å². The number of ether oxygens (including phenoxy) is 1. The molecule has 1 aromatic heterocycles. The Balaban J connectivity index is 0.000000806. The predicted molar refractivity (Wildman–Crippen MR) is 108 cm³/mol. The molecule has 30 heavy (non-hydrogen) atoms. The number of benzene rings is 1. The molecule has 2 aromatic rings. The summed E-state index contributed by atoms with van der Waals surface area (Å²) < 4.78 is 41.5.